The minimum Gasteiger partial charge on any atom is -0.355 e. The maximum absolute atomic E-state index is 14.1. The average Bonchev–Trinajstić information content (AvgIpc) is 3.19. The number of rotatable bonds is 6. The summed E-state index contributed by atoms with van der Waals surface area (Å²) < 4.78 is 14.1. The minimum absolute atomic E-state index is 0.0245. The van der Waals surface area contributed by atoms with E-state index in [9.17, 15) is 9.18 Å². The number of hydrogen-bond donors (Lipinski definition) is 1. The molecule has 30 heavy (non-hydrogen) atoms. The molecular formula is C21H23FN6OS. The van der Waals surface area contributed by atoms with Crippen LogP contribution in [0.4, 0.5) is 15.3 Å². The molecule has 3 heterocycles. The summed E-state index contributed by atoms with van der Waals surface area (Å²) in [6.45, 7) is 3.56. The zero-order valence-corrected chi connectivity index (χ0v) is 17.5. The predicted molar refractivity (Wildman–Crippen MR) is 114 cm³/mol. The number of aromatic nitrogens is 4. The van der Waals surface area contributed by atoms with Gasteiger partial charge in [-0.15, -0.1) is 15.3 Å². The second-order valence-electron chi connectivity index (χ2n) is 7.49. The van der Waals surface area contributed by atoms with Crippen LogP contribution >= 0.6 is 11.3 Å². The minimum atomic E-state index is -0.335. The smallest absolute Gasteiger partial charge is 0.230 e. The molecular weight excluding hydrogens is 403 g/mol. The van der Waals surface area contributed by atoms with E-state index in [4.69, 9.17) is 0 Å². The molecule has 7 nitrogen and oxygen atoms in total. The number of nitrogens with one attached hydrogen (secondary N) is 1. The molecule has 156 valence electrons. The molecule has 1 N–H and O–H groups in total. The van der Waals surface area contributed by atoms with E-state index in [2.05, 4.69) is 30.6 Å². The van der Waals surface area contributed by atoms with Crippen LogP contribution in [0.3, 0.4) is 0 Å². The lowest BCUT2D eigenvalue weighted by molar-refractivity contribution is -0.115. The second-order valence-corrected chi connectivity index (χ2v) is 8.55. The van der Waals surface area contributed by atoms with Crippen molar-refractivity contribution in [1.82, 2.24) is 20.4 Å². The molecule has 0 aliphatic carbocycles. The molecule has 0 unspecified atom stereocenters. The molecule has 0 saturated carbocycles. The summed E-state index contributed by atoms with van der Waals surface area (Å²) in [6, 6.07) is 8.94. The Morgan fingerprint density at radius 2 is 2.03 bits per heavy atom. The second kappa shape index (κ2) is 9.25. The van der Waals surface area contributed by atoms with Crippen molar-refractivity contribution in [3.63, 3.8) is 0 Å². The van der Waals surface area contributed by atoms with Gasteiger partial charge in [0.05, 0.1) is 6.42 Å². The van der Waals surface area contributed by atoms with Gasteiger partial charge < -0.3 is 10.2 Å². The topological polar surface area (TPSA) is 83.9 Å². The molecule has 4 rings (SSSR count). The third-order valence-corrected chi connectivity index (χ3v) is 6.16. The van der Waals surface area contributed by atoms with Crippen LogP contribution in [0.25, 0.3) is 0 Å². The molecule has 1 saturated heterocycles. The highest BCUT2D eigenvalue weighted by molar-refractivity contribution is 7.15. The van der Waals surface area contributed by atoms with E-state index in [1.807, 2.05) is 12.1 Å². The number of carbonyl (C=O) groups is 1. The molecule has 0 bridgehead atoms. The van der Waals surface area contributed by atoms with Crippen molar-refractivity contribution >= 4 is 28.2 Å². The van der Waals surface area contributed by atoms with Crippen molar-refractivity contribution in [3.8, 4) is 0 Å². The van der Waals surface area contributed by atoms with Gasteiger partial charge >= 0.3 is 0 Å². The van der Waals surface area contributed by atoms with E-state index >= 15 is 0 Å². The average molecular weight is 427 g/mol. The van der Waals surface area contributed by atoms with Crippen LogP contribution in [0.1, 0.15) is 29.0 Å². The fraction of sp³-hybridized carbons (Fsp3) is 0.381. The molecule has 3 aromatic rings. The monoisotopic (exact) mass is 426 g/mol. The van der Waals surface area contributed by atoms with E-state index in [1.54, 1.807) is 31.3 Å². The lowest BCUT2D eigenvalue weighted by atomic mass is 9.94. The van der Waals surface area contributed by atoms with Crippen LogP contribution in [-0.4, -0.2) is 39.4 Å². The van der Waals surface area contributed by atoms with Crippen LogP contribution in [-0.2, 0) is 17.6 Å². The number of amides is 1. The van der Waals surface area contributed by atoms with E-state index < -0.39 is 0 Å². The largest absolute Gasteiger partial charge is 0.355 e. The first-order valence-electron chi connectivity index (χ1n) is 9.97. The SMILES string of the molecule is Cc1cccc(CC(=O)Nc2nnc(CC3CCN(c4cccnn4)CC3)s2)c1F. The summed E-state index contributed by atoms with van der Waals surface area (Å²) in [5.74, 6) is 0.815. The van der Waals surface area contributed by atoms with Gasteiger partial charge in [0.2, 0.25) is 11.0 Å². The number of piperidine rings is 1. The quantitative estimate of drug-likeness (QED) is 0.650. The van der Waals surface area contributed by atoms with Crippen molar-refractivity contribution in [2.75, 3.05) is 23.3 Å². The fourth-order valence-corrected chi connectivity index (χ4v) is 4.51. The first-order valence-corrected chi connectivity index (χ1v) is 10.8. The Hall–Kier alpha value is -2.94. The summed E-state index contributed by atoms with van der Waals surface area (Å²) in [5, 5.41) is 20.5. The third kappa shape index (κ3) is 4.96. The maximum Gasteiger partial charge on any atom is 0.230 e. The Balaban J connectivity index is 1.27. The van der Waals surface area contributed by atoms with Crippen molar-refractivity contribution in [2.24, 2.45) is 5.92 Å². The molecule has 1 aromatic carbocycles. The van der Waals surface area contributed by atoms with Gasteiger partial charge in [-0.1, -0.05) is 29.5 Å². The van der Waals surface area contributed by atoms with Crippen LogP contribution < -0.4 is 10.2 Å². The van der Waals surface area contributed by atoms with E-state index in [0.717, 1.165) is 43.2 Å². The van der Waals surface area contributed by atoms with Gasteiger partial charge in [0, 0.05) is 25.7 Å². The number of halogens is 1. The Kier molecular flexibility index (Phi) is 6.27. The first kappa shape index (κ1) is 20.3. The third-order valence-electron chi connectivity index (χ3n) is 5.30. The first-order chi connectivity index (χ1) is 14.6. The van der Waals surface area contributed by atoms with E-state index in [-0.39, 0.29) is 18.1 Å². The van der Waals surface area contributed by atoms with Crippen LogP contribution in [0.2, 0.25) is 0 Å². The van der Waals surface area contributed by atoms with E-state index in [0.29, 0.717) is 22.2 Å². The molecule has 1 amide bonds. The predicted octanol–water partition coefficient (Wildman–Crippen LogP) is 3.42. The summed E-state index contributed by atoms with van der Waals surface area (Å²) in [5.41, 5.74) is 0.913. The maximum atomic E-state index is 14.1. The Bertz CT molecular complexity index is 1000. The molecule has 2 aromatic heterocycles. The number of carbonyl (C=O) groups excluding carboxylic acids is 1. The number of hydrogen-bond acceptors (Lipinski definition) is 7. The van der Waals surface area contributed by atoms with Crippen molar-refractivity contribution in [2.45, 2.75) is 32.6 Å². The number of aryl methyl sites for hydroxylation is 1. The molecule has 1 fully saturated rings. The molecule has 1 aliphatic rings. The standard InChI is InChI=1S/C21H23FN6OS/c1-14-4-2-5-16(20(14)22)13-18(29)24-21-27-26-19(30-21)12-15-7-10-28(11-8-15)17-6-3-9-23-25-17/h2-6,9,15H,7-8,10-13H2,1H3,(H,24,27,29). The summed E-state index contributed by atoms with van der Waals surface area (Å²) in [4.78, 5) is 14.5. The van der Waals surface area contributed by atoms with Crippen LogP contribution in [0, 0.1) is 18.7 Å². The van der Waals surface area contributed by atoms with Crippen molar-refractivity contribution in [3.05, 3.63) is 58.5 Å². The fourth-order valence-electron chi connectivity index (χ4n) is 3.64. The van der Waals surface area contributed by atoms with Gasteiger partial charge in [0.1, 0.15) is 10.8 Å². The lowest BCUT2D eigenvalue weighted by Gasteiger charge is -2.32. The van der Waals surface area contributed by atoms with Gasteiger partial charge in [-0.3, -0.25) is 4.79 Å². The highest BCUT2D eigenvalue weighted by Gasteiger charge is 2.22. The summed E-state index contributed by atoms with van der Waals surface area (Å²) >= 11 is 1.39. The van der Waals surface area contributed by atoms with Crippen LogP contribution in [0.15, 0.2) is 36.5 Å². The van der Waals surface area contributed by atoms with Gasteiger partial charge in [-0.2, -0.15) is 5.10 Å². The van der Waals surface area contributed by atoms with E-state index in [1.165, 1.54) is 11.3 Å². The molecule has 9 heteroatoms. The van der Waals surface area contributed by atoms with Gasteiger partial charge in [-0.25, -0.2) is 4.39 Å². The Labute approximate surface area is 178 Å². The lowest BCUT2D eigenvalue weighted by Crippen LogP contribution is -2.34. The highest BCUT2D eigenvalue weighted by Crippen LogP contribution is 2.26. The summed E-state index contributed by atoms with van der Waals surface area (Å²) in [6.07, 6.45) is 4.59. The van der Waals surface area contributed by atoms with Gasteiger partial charge in [-0.05, 0) is 48.9 Å². The molecule has 1 aliphatic heterocycles. The van der Waals surface area contributed by atoms with Crippen molar-refractivity contribution in [1.29, 1.82) is 0 Å². The summed E-state index contributed by atoms with van der Waals surface area (Å²) in [7, 11) is 0. The van der Waals surface area contributed by atoms with Gasteiger partial charge in [0.15, 0.2) is 5.82 Å². The number of benzene rings is 1. The van der Waals surface area contributed by atoms with Gasteiger partial charge in [0.25, 0.3) is 0 Å². The number of nitrogens with zero attached hydrogens (tertiary/aromatic N) is 5. The Morgan fingerprint density at radius 1 is 1.20 bits per heavy atom. The highest BCUT2D eigenvalue weighted by atomic mass is 32.1. The number of anilines is 2. The van der Waals surface area contributed by atoms with Crippen molar-refractivity contribution < 1.29 is 9.18 Å². The molecule has 0 atom stereocenters. The normalized spacial score (nSPS) is 14.7. The molecule has 0 spiro atoms. The van der Waals surface area contributed by atoms with Crippen LogP contribution in [0.5, 0.6) is 0 Å². The Morgan fingerprint density at radius 3 is 2.80 bits per heavy atom. The molecule has 0 radical (unpaired) electrons. The zero-order valence-electron chi connectivity index (χ0n) is 16.7. The zero-order chi connectivity index (χ0) is 20.9.